The Bertz CT molecular complexity index is 829. The molecule has 1 saturated heterocycles. The van der Waals surface area contributed by atoms with Crippen LogP contribution in [0.5, 0.6) is 0 Å². The zero-order chi connectivity index (χ0) is 19.0. The molecule has 0 radical (unpaired) electrons. The van der Waals surface area contributed by atoms with E-state index in [0.717, 1.165) is 61.3 Å². The Morgan fingerprint density at radius 3 is 2.85 bits per heavy atom. The number of fused-ring (bicyclic) bond motifs is 3. The van der Waals surface area contributed by atoms with E-state index in [-0.39, 0.29) is 11.2 Å². The summed E-state index contributed by atoms with van der Waals surface area (Å²) in [5, 5.41) is 2.08. The zero-order valence-electron chi connectivity index (χ0n) is 16.4. The van der Waals surface area contributed by atoms with Gasteiger partial charge in [-0.25, -0.2) is 9.97 Å². The van der Waals surface area contributed by atoms with E-state index in [4.69, 9.17) is 0 Å². The highest BCUT2D eigenvalue weighted by Crippen LogP contribution is 2.41. The van der Waals surface area contributed by atoms with E-state index in [9.17, 15) is 4.79 Å². The summed E-state index contributed by atoms with van der Waals surface area (Å²) in [5.74, 6) is 0.983. The minimum Gasteiger partial charge on any atom is -0.339 e. The van der Waals surface area contributed by atoms with Gasteiger partial charge >= 0.3 is 0 Å². The second-order valence-corrected chi connectivity index (χ2v) is 10.1. The number of amides is 1. The van der Waals surface area contributed by atoms with E-state index in [1.165, 1.54) is 22.2 Å². The molecule has 2 atom stereocenters. The first-order valence-corrected chi connectivity index (χ1v) is 11.7. The van der Waals surface area contributed by atoms with Crippen molar-refractivity contribution in [1.82, 2.24) is 19.8 Å². The van der Waals surface area contributed by atoms with Crippen LogP contribution in [0.2, 0.25) is 0 Å². The molecule has 1 aliphatic carbocycles. The van der Waals surface area contributed by atoms with Gasteiger partial charge in [-0.2, -0.15) is 0 Å². The highest BCUT2D eigenvalue weighted by atomic mass is 32.2. The van der Waals surface area contributed by atoms with Crippen LogP contribution in [0.4, 0.5) is 0 Å². The van der Waals surface area contributed by atoms with E-state index in [2.05, 4.69) is 28.7 Å². The monoisotopic (exact) mass is 404 g/mol. The average molecular weight is 405 g/mol. The quantitative estimate of drug-likeness (QED) is 0.577. The van der Waals surface area contributed by atoms with Crippen LogP contribution < -0.4 is 0 Å². The maximum absolute atomic E-state index is 12.9. The number of aromatic nitrogens is 2. The van der Waals surface area contributed by atoms with Crippen LogP contribution in [0.25, 0.3) is 10.2 Å². The van der Waals surface area contributed by atoms with Gasteiger partial charge in [-0.05, 0) is 44.2 Å². The summed E-state index contributed by atoms with van der Waals surface area (Å²) in [6.07, 6.45) is 5.15. The molecule has 0 unspecified atom stereocenters. The Kier molecular flexibility index (Phi) is 5.71. The van der Waals surface area contributed by atoms with Crippen molar-refractivity contribution in [3.63, 3.8) is 0 Å². The lowest BCUT2D eigenvalue weighted by atomic mass is 9.89. The van der Waals surface area contributed by atoms with E-state index in [0.29, 0.717) is 0 Å². The van der Waals surface area contributed by atoms with Crippen LogP contribution in [0.3, 0.4) is 0 Å². The lowest BCUT2D eigenvalue weighted by molar-refractivity contribution is -0.132. The molecule has 0 aromatic carbocycles. The number of likely N-dealkylation sites (N-methyl/N-ethyl adjacent to an activating group) is 1. The van der Waals surface area contributed by atoms with Gasteiger partial charge in [0, 0.05) is 36.4 Å². The molecule has 2 aromatic heterocycles. The molecular formula is C20H28N4OS2. The molecule has 0 spiro atoms. The Labute approximate surface area is 169 Å². The number of carbonyl (C=O) groups is 1. The molecule has 2 aliphatic rings. The van der Waals surface area contributed by atoms with Gasteiger partial charge in [0.2, 0.25) is 5.91 Å². The maximum Gasteiger partial charge on any atom is 0.235 e. The molecule has 0 N–H and O–H groups in total. The lowest BCUT2D eigenvalue weighted by Crippen LogP contribution is -2.50. The summed E-state index contributed by atoms with van der Waals surface area (Å²) in [7, 11) is 0. The minimum atomic E-state index is -0.116. The van der Waals surface area contributed by atoms with Crippen molar-refractivity contribution >= 4 is 39.2 Å². The van der Waals surface area contributed by atoms with Gasteiger partial charge in [0.25, 0.3) is 0 Å². The Balaban J connectivity index is 1.52. The molecule has 0 saturated carbocycles. The summed E-state index contributed by atoms with van der Waals surface area (Å²) >= 11 is 3.43. The largest absolute Gasteiger partial charge is 0.339 e. The molecular weight excluding hydrogens is 376 g/mol. The van der Waals surface area contributed by atoms with Crippen molar-refractivity contribution in [3.05, 3.63) is 16.8 Å². The van der Waals surface area contributed by atoms with Gasteiger partial charge in [-0.15, -0.1) is 11.3 Å². The average Bonchev–Trinajstić information content (AvgIpc) is 3.05. The van der Waals surface area contributed by atoms with Crippen molar-refractivity contribution in [2.24, 2.45) is 5.92 Å². The normalized spacial score (nSPS) is 22.0. The SMILES string of the molecule is CCN1CCN(C(=O)[C@H](C)Sc2ncnc3sc4c(c23)CC[C@H](C)C4)CC1. The van der Waals surface area contributed by atoms with Gasteiger partial charge < -0.3 is 9.80 Å². The second-order valence-electron chi connectivity index (χ2n) is 7.73. The Morgan fingerprint density at radius 2 is 2.11 bits per heavy atom. The number of thiophene rings is 1. The fraction of sp³-hybridized carbons (Fsp3) is 0.650. The number of nitrogens with zero attached hydrogens (tertiary/aromatic N) is 4. The predicted octanol–water partition coefficient (Wildman–Crippen LogP) is 3.46. The van der Waals surface area contributed by atoms with E-state index >= 15 is 0 Å². The molecule has 2 aromatic rings. The summed E-state index contributed by atoms with van der Waals surface area (Å²) < 4.78 is 0. The molecule has 146 valence electrons. The number of carbonyl (C=O) groups excluding carboxylic acids is 1. The third kappa shape index (κ3) is 3.87. The highest BCUT2D eigenvalue weighted by molar-refractivity contribution is 8.00. The number of hydrogen-bond acceptors (Lipinski definition) is 6. The van der Waals surface area contributed by atoms with Crippen LogP contribution in [-0.2, 0) is 17.6 Å². The first kappa shape index (κ1) is 19.2. The lowest BCUT2D eigenvalue weighted by Gasteiger charge is -2.35. The smallest absolute Gasteiger partial charge is 0.235 e. The van der Waals surface area contributed by atoms with Crippen molar-refractivity contribution in [3.8, 4) is 0 Å². The van der Waals surface area contributed by atoms with E-state index in [1.54, 1.807) is 18.1 Å². The predicted molar refractivity (Wildman–Crippen MR) is 113 cm³/mol. The van der Waals surface area contributed by atoms with Gasteiger partial charge in [-0.1, -0.05) is 25.6 Å². The van der Waals surface area contributed by atoms with Crippen molar-refractivity contribution in [1.29, 1.82) is 0 Å². The fourth-order valence-electron chi connectivity index (χ4n) is 4.09. The van der Waals surface area contributed by atoms with Gasteiger partial charge in [-0.3, -0.25) is 4.79 Å². The van der Waals surface area contributed by atoms with Crippen LogP contribution in [0.1, 0.15) is 37.6 Å². The molecule has 5 nitrogen and oxygen atoms in total. The zero-order valence-corrected chi connectivity index (χ0v) is 18.0. The molecule has 1 aliphatic heterocycles. The molecule has 0 bridgehead atoms. The van der Waals surface area contributed by atoms with Crippen molar-refractivity contribution in [2.45, 2.75) is 50.3 Å². The van der Waals surface area contributed by atoms with Crippen LogP contribution in [-0.4, -0.2) is 63.6 Å². The maximum atomic E-state index is 12.9. The summed E-state index contributed by atoms with van der Waals surface area (Å²) in [4.78, 5) is 29.0. The first-order valence-electron chi connectivity index (χ1n) is 9.99. The van der Waals surface area contributed by atoms with E-state index < -0.39 is 0 Å². The van der Waals surface area contributed by atoms with Gasteiger partial charge in [0.1, 0.15) is 16.2 Å². The highest BCUT2D eigenvalue weighted by Gasteiger charge is 2.28. The van der Waals surface area contributed by atoms with Crippen LogP contribution in [0.15, 0.2) is 11.4 Å². The topological polar surface area (TPSA) is 49.3 Å². The van der Waals surface area contributed by atoms with Gasteiger partial charge in [0.15, 0.2) is 0 Å². The van der Waals surface area contributed by atoms with E-state index in [1.807, 2.05) is 23.2 Å². The first-order chi connectivity index (χ1) is 13.1. The minimum absolute atomic E-state index is 0.116. The Hall–Kier alpha value is -1.18. The summed E-state index contributed by atoms with van der Waals surface area (Å²) in [6.45, 7) is 11.2. The van der Waals surface area contributed by atoms with Crippen LogP contribution >= 0.6 is 23.1 Å². The number of rotatable bonds is 4. The Morgan fingerprint density at radius 1 is 1.33 bits per heavy atom. The molecule has 1 amide bonds. The molecule has 3 heterocycles. The van der Waals surface area contributed by atoms with Crippen molar-refractivity contribution in [2.75, 3.05) is 32.7 Å². The number of piperazine rings is 1. The summed E-state index contributed by atoms with van der Waals surface area (Å²) in [5.41, 5.74) is 1.44. The molecule has 4 rings (SSSR count). The molecule has 1 fully saturated rings. The van der Waals surface area contributed by atoms with Crippen LogP contribution in [0, 0.1) is 5.92 Å². The molecule has 27 heavy (non-hydrogen) atoms. The third-order valence-electron chi connectivity index (χ3n) is 5.82. The van der Waals surface area contributed by atoms with Crippen molar-refractivity contribution < 1.29 is 4.79 Å². The second kappa shape index (κ2) is 8.05. The number of thioether (sulfide) groups is 1. The van der Waals surface area contributed by atoms with Gasteiger partial charge in [0.05, 0.1) is 5.25 Å². The molecule has 7 heteroatoms. The number of hydrogen-bond donors (Lipinski definition) is 0. The summed E-state index contributed by atoms with van der Waals surface area (Å²) in [6, 6.07) is 0. The number of aryl methyl sites for hydroxylation is 1. The standard InChI is InChI=1S/C20H28N4OS2/c1-4-23-7-9-24(10-8-23)20(25)14(3)26-18-17-15-6-5-13(2)11-16(15)27-19(17)22-12-21-18/h12-14H,4-11H2,1-3H3/t13-,14-/m0/s1. The third-order valence-corrected chi connectivity index (χ3v) is 8.07. The fourth-order valence-corrected chi connectivity index (χ4v) is 6.54.